The fourth-order valence-corrected chi connectivity index (χ4v) is 1.91. The Kier molecular flexibility index (Phi) is 4.36. The van der Waals surface area contributed by atoms with E-state index in [1.807, 2.05) is 6.07 Å². The zero-order valence-corrected chi connectivity index (χ0v) is 8.84. The molecule has 1 aliphatic heterocycles. The average molecular weight is 216 g/mol. The quantitative estimate of drug-likeness (QED) is 0.651. The Morgan fingerprint density at radius 1 is 1.07 bits per heavy atom. The topological polar surface area (TPSA) is 3.24 Å². The van der Waals surface area contributed by atoms with Crippen molar-refractivity contribution < 1.29 is 4.48 Å². The van der Waals surface area contributed by atoms with Crippen molar-refractivity contribution >= 4 is 12.4 Å². The molecule has 0 atom stereocenters. The van der Waals surface area contributed by atoms with E-state index in [2.05, 4.69) is 24.3 Å². The van der Waals surface area contributed by atoms with Gasteiger partial charge in [0.15, 0.2) is 0 Å². The number of nitrogens with zero attached hydrogens (tertiary/aromatic N) is 1. The van der Waals surface area contributed by atoms with Crippen molar-refractivity contribution in [2.75, 3.05) is 13.1 Å². The minimum atomic E-state index is 0. The molecule has 3 heteroatoms. The highest BCUT2D eigenvalue weighted by Gasteiger charge is 2.19. The van der Waals surface area contributed by atoms with E-state index in [9.17, 15) is 4.48 Å². The maximum atomic E-state index is 12.7. The van der Waals surface area contributed by atoms with E-state index >= 15 is 0 Å². The molecule has 0 N–H and O–H groups in total. The van der Waals surface area contributed by atoms with Gasteiger partial charge in [-0.1, -0.05) is 30.3 Å². The van der Waals surface area contributed by atoms with Gasteiger partial charge >= 0.3 is 0 Å². The minimum absolute atomic E-state index is 0. The maximum absolute atomic E-state index is 12.7. The lowest BCUT2D eigenvalue weighted by Crippen LogP contribution is -2.26. The van der Waals surface area contributed by atoms with Crippen molar-refractivity contribution in [1.29, 1.82) is 0 Å². The normalized spacial score (nSPS) is 18.9. The molecule has 1 aromatic carbocycles. The molecule has 0 aliphatic carbocycles. The largest absolute Gasteiger partial charge is 0.147 e. The van der Waals surface area contributed by atoms with Gasteiger partial charge < -0.3 is 0 Å². The van der Waals surface area contributed by atoms with E-state index in [4.69, 9.17) is 0 Å². The molecule has 1 aliphatic rings. The summed E-state index contributed by atoms with van der Waals surface area (Å²) in [6, 6.07) is 10.4. The van der Waals surface area contributed by atoms with Crippen LogP contribution in [0.2, 0.25) is 0 Å². The highest BCUT2D eigenvalue weighted by atomic mass is 35.5. The number of halogens is 2. The van der Waals surface area contributed by atoms with Gasteiger partial charge in [0.2, 0.25) is 0 Å². The van der Waals surface area contributed by atoms with Crippen LogP contribution in [0.15, 0.2) is 30.3 Å². The fourth-order valence-electron chi connectivity index (χ4n) is 1.91. The first kappa shape index (κ1) is 11.5. The Bertz CT molecular complexity index is 257. The Morgan fingerprint density at radius 3 is 2.21 bits per heavy atom. The second-order valence-corrected chi connectivity index (χ2v) is 3.59. The summed E-state index contributed by atoms with van der Waals surface area (Å²) in [5.41, 5.74) is 1.36. The first-order valence-electron chi connectivity index (χ1n) is 4.82. The highest BCUT2D eigenvalue weighted by Crippen LogP contribution is 2.27. The van der Waals surface area contributed by atoms with Gasteiger partial charge in [-0.05, 0) is 24.3 Å². The van der Waals surface area contributed by atoms with Gasteiger partial charge in [0, 0.05) is 13.1 Å². The van der Waals surface area contributed by atoms with E-state index in [0.29, 0.717) is 19.0 Å². The summed E-state index contributed by atoms with van der Waals surface area (Å²) in [4.78, 5) is 0. The number of piperidine rings is 1. The third kappa shape index (κ3) is 2.69. The standard InChI is InChI=1S/C11H14FN.ClH/c12-13-8-6-11(7-9-13)10-4-2-1-3-5-10;/h1-5,11H,6-9H2;1H. The SMILES string of the molecule is Cl.FN1CCC(c2ccccc2)CC1. The molecular weight excluding hydrogens is 201 g/mol. The molecule has 1 heterocycles. The Morgan fingerprint density at radius 2 is 1.64 bits per heavy atom. The van der Waals surface area contributed by atoms with E-state index in [0.717, 1.165) is 18.0 Å². The van der Waals surface area contributed by atoms with Crippen molar-refractivity contribution in [3.8, 4) is 0 Å². The third-order valence-electron chi connectivity index (χ3n) is 2.71. The van der Waals surface area contributed by atoms with Gasteiger partial charge in [0.1, 0.15) is 0 Å². The number of hydrogen-bond donors (Lipinski definition) is 0. The van der Waals surface area contributed by atoms with Crippen molar-refractivity contribution in [2.45, 2.75) is 18.8 Å². The van der Waals surface area contributed by atoms with Crippen LogP contribution in [0.3, 0.4) is 0 Å². The lowest BCUT2D eigenvalue weighted by atomic mass is 9.90. The second kappa shape index (κ2) is 5.32. The lowest BCUT2D eigenvalue weighted by molar-refractivity contribution is 0.000731. The second-order valence-electron chi connectivity index (χ2n) is 3.59. The molecule has 1 saturated heterocycles. The molecule has 0 aromatic heterocycles. The summed E-state index contributed by atoms with van der Waals surface area (Å²) in [6.45, 7) is 1.17. The third-order valence-corrected chi connectivity index (χ3v) is 2.71. The summed E-state index contributed by atoms with van der Waals surface area (Å²) in [5.74, 6) is 0.563. The van der Waals surface area contributed by atoms with E-state index in [-0.39, 0.29) is 12.4 Å². The summed E-state index contributed by atoms with van der Waals surface area (Å²) < 4.78 is 12.7. The molecule has 2 rings (SSSR count). The van der Waals surface area contributed by atoms with Crippen molar-refractivity contribution in [1.82, 2.24) is 5.12 Å². The monoisotopic (exact) mass is 215 g/mol. The first-order chi connectivity index (χ1) is 6.36. The predicted molar refractivity (Wildman–Crippen MR) is 58.3 cm³/mol. The molecule has 0 spiro atoms. The van der Waals surface area contributed by atoms with Crippen molar-refractivity contribution in [3.05, 3.63) is 35.9 Å². The summed E-state index contributed by atoms with van der Waals surface area (Å²) in [5, 5.41) is 0.916. The molecular formula is C11H15ClFN. The first-order valence-corrected chi connectivity index (χ1v) is 4.82. The molecule has 0 bridgehead atoms. The average Bonchev–Trinajstić information content (AvgIpc) is 2.20. The van der Waals surface area contributed by atoms with Crippen molar-refractivity contribution in [2.24, 2.45) is 0 Å². The Balaban J connectivity index is 0.000000980. The summed E-state index contributed by atoms with van der Waals surface area (Å²) in [7, 11) is 0. The van der Waals surface area contributed by atoms with Gasteiger partial charge in [0.25, 0.3) is 0 Å². The Hall–Kier alpha value is -0.600. The number of benzene rings is 1. The van der Waals surface area contributed by atoms with Crippen LogP contribution in [-0.4, -0.2) is 18.2 Å². The van der Waals surface area contributed by atoms with Crippen LogP contribution in [0, 0.1) is 0 Å². The molecule has 78 valence electrons. The molecule has 1 nitrogen and oxygen atoms in total. The summed E-state index contributed by atoms with van der Waals surface area (Å²) in [6.07, 6.45) is 1.89. The molecule has 0 amide bonds. The zero-order chi connectivity index (χ0) is 9.10. The van der Waals surface area contributed by atoms with Gasteiger partial charge in [-0.25, -0.2) is 0 Å². The lowest BCUT2D eigenvalue weighted by Gasteiger charge is -2.25. The van der Waals surface area contributed by atoms with Gasteiger partial charge in [-0.2, -0.15) is 0 Å². The van der Waals surface area contributed by atoms with Crippen LogP contribution in [0.25, 0.3) is 0 Å². The number of rotatable bonds is 1. The van der Waals surface area contributed by atoms with E-state index in [1.165, 1.54) is 5.56 Å². The molecule has 1 aromatic rings. The summed E-state index contributed by atoms with van der Waals surface area (Å²) >= 11 is 0. The van der Waals surface area contributed by atoms with Gasteiger partial charge in [0.05, 0.1) is 0 Å². The maximum Gasteiger partial charge on any atom is 0.0296 e. The van der Waals surface area contributed by atoms with E-state index in [1.54, 1.807) is 0 Å². The van der Waals surface area contributed by atoms with Gasteiger partial charge in [-0.3, -0.25) is 0 Å². The van der Waals surface area contributed by atoms with Gasteiger partial charge in [-0.15, -0.1) is 22.0 Å². The zero-order valence-electron chi connectivity index (χ0n) is 8.03. The molecule has 0 saturated carbocycles. The van der Waals surface area contributed by atoms with Crippen LogP contribution >= 0.6 is 12.4 Å². The molecule has 14 heavy (non-hydrogen) atoms. The van der Waals surface area contributed by atoms with E-state index < -0.39 is 0 Å². The van der Waals surface area contributed by atoms with Crippen LogP contribution in [0.1, 0.15) is 24.3 Å². The minimum Gasteiger partial charge on any atom is -0.147 e. The highest BCUT2D eigenvalue weighted by molar-refractivity contribution is 5.85. The van der Waals surface area contributed by atoms with Crippen LogP contribution < -0.4 is 0 Å². The number of hydrogen-bond acceptors (Lipinski definition) is 1. The predicted octanol–water partition coefficient (Wildman–Crippen LogP) is 3.17. The van der Waals surface area contributed by atoms with Crippen LogP contribution in [-0.2, 0) is 0 Å². The van der Waals surface area contributed by atoms with Crippen LogP contribution in [0.5, 0.6) is 0 Å². The smallest absolute Gasteiger partial charge is 0.0296 e. The van der Waals surface area contributed by atoms with Crippen LogP contribution in [0.4, 0.5) is 4.48 Å². The van der Waals surface area contributed by atoms with Crippen molar-refractivity contribution in [3.63, 3.8) is 0 Å². The Labute approximate surface area is 90.3 Å². The molecule has 0 radical (unpaired) electrons. The molecule has 0 unspecified atom stereocenters. The fraction of sp³-hybridized carbons (Fsp3) is 0.455. The molecule has 1 fully saturated rings.